The van der Waals surface area contributed by atoms with Crippen LogP contribution in [0.25, 0.3) is 5.69 Å². The molecule has 0 saturated carbocycles. The third-order valence-corrected chi connectivity index (χ3v) is 6.48. The van der Waals surface area contributed by atoms with Crippen LogP contribution in [0.3, 0.4) is 0 Å². The maximum Gasteiger partial charge on any atom is 0.174 e. The molecule has 2 aromatic heterocycles. The van der Waals surface area contributed by atoms with Crippen molar-refractivity contribution < 1.29 is 5.11 Å². The standard InChI is InChI=1S/C25H21ClN4OS/c1-16-15-17(11-12-18(16)26)29-14-6-9-21(29)24-23(19-7-4-5-13-27-19)28-25(32)30(24)20-8-2-3-10-22(20)31/h2-15,23-24,31H,1H3,(H,28,32)/t23-,24-/m0/s1. The normalized spacial score (nSPS) is 18.1. The first-order chi connectivity index (χ1) is 15.5. The number of aromatic nitrogens is 2. The van der Waals surface area contributed by atoms with Gasteiger partial charge in [0.05, 0.1) is 17.4 Å². The summed E-state index contributed by atoms with van der Waals surface area (Å²) >= 11 is 12.0. The van der Waals surface area contributed by atoms with E-state index < -0.39 is 0 Å². The van der Waals surface area contributed by atoms with Crippen molar-refractivity contribution in [3.63, 3.8) is 0 Å². The summed E-state index contributed by atoms with van der Waals surface area (Å²) in [5.74, 6) is 0.170. The minimum atomic E-state index is -0.239. The Bertz CT molecular complexity index is 1290. The van der Waals surface area contributed by atoms with Gasteiger partial charge in [0, 0.05) is 28.8 Å². The smallest absolute Gasteiger partial charge is 0.174 e. The van der Waals surface area contributed by atoms with E-state index in [4.69, 9.17) is 23.8 Å². The molecule has 1 fully saturated rings. The fourth-order valence-electron chi connectivity index (χ4n) is 4.23. The van der Waals surface area contributed by atoms with Gasteiger partial charge in [-0.2, -0.15) is 0 Å². The summed E-state index contributed by atoms with van der Waals surface area (Å²) in [6.45, 7) is 1.99. The molecule has 160 valence electrons. The van der Waals surface area contributed by atoms with Gasteiger partial charge >= 0.3 is 0 Å². The topological polar surface area (TPSA) is 53.3 Å². The van der Waals surface area contributed by atoms with E-state index in [1.807, 2.05) is 66.6 Å². The van der Waals surface area contributed by atoms with Crippen LogP contribution >= 0.6 is 23.8 Å². The third kappa shape index (κ3) is 3.51. The molecule has 0 radical (unpaired) electrons. The molecule has 2 aromatic carbocycles. The summed E-state index contributed by atoms with van der Waals surface area (Å²) in [4.78, 5) is 6.57. The fourth-order valence-corrected chi connectivity index (χ4v) is 4.69. The highest BCUT2D eigenvalue weighted by atomic mass is 35.5. The van der Waals surface area contributed by atoms with E-state index >= 15 is 0 Å². The number of anilines is 1. The molecule has 4 aromatic rings. The Balaban J connectivity index is 1.69. The molecule has 2 atom stereocenters. The van der Waals surface area contributed by atoms with Crippen molar-refractivity contribution in [2.75, 3.05) is 4.90 Å². The summed E-state index contributed by atoms with van der Waals surface area (Å²) in [6, 6.07) is 22.7. The van der Waals surface area contributed by atoms with Crippen molar-refractivity contribution in [2.24, 2.45) is 0 Å². The van der Waals surface area contributed by atoms with Crippen molar-refractivity contribution in [3.8, 4) is 11.4 Å². The highest BCUT2D eigenvalue weighted by Crippen LogP contribution is 2.44. The number of pyridine rings is 1. The Hall–Kier alpha value is -3.35. The van der Waals surface area contributed by atoms with Gasteiger partial charge in [0.25, 0.3) is 0 Å². The Kier molecular flexibility index (Phi) is 5.33. The zero-order valence-corrected chi connectivity index (χ0v) is 18.9. The van der Waals surface area contributed by atoms with Crippen molar-refractivity contribution in [3.05, 3.63) is 107 Å². The van der Waals surface area contributed by atoms with E-state index in [1.54, 1.807) is 18.3 Å². The number of phenolic OH excluding ortho intramolecular Hbond substituents is 1. The molecule has 0 bridgehead atoms. The Morgan fingerprint density at radius 2 is 1.84 bits per heavy atom. The lowest BCUT2D eigenvalue weighted by molar-refractivity contribution is 0.472. The zero-order valence-electron chi connectivity index (χ0n) is 17.3. The number of nitrogens with one attached hydrogen (secondary N) is 1. The van der Waals surface area contributed by atoms with Gasteiger partial charge in [-0.1, -0.05) is 29.8 Å². The number of nitrogens with zero attached hydrogens (tertiary/aromatic N) is 3. The van der Waals surface area contributed by atoms with Crippen molar-refractivity contribution in [1.82, 2.24) is 14.9 Å². The zero-order chi connectivity index (χ0) is 22.2. The lowest BCUT2D eigenvalue weighted by Gasteiger charge is -2.29. The van der Waals surface area contributed by atoms with Gasteiger partial charge in [-0.15, -0.1) is 0 Å². The molecule has 0 unspecified atom stereocenters. The van der Waals surface area contributed by atoms with E-state index in [0.717, 1.165) is 27.7 Å². The van der Waals surface area contributed by atoms with E-state index in [-0.39, 0.29) is 17.8 Å². The highest BCUT2D eigenvalue weighted by Gasteiger charge is 2.42. The number of benzene rings is 2. The van der Waals surface area contributed by atoms with Crippen LogP contribution in [0.1, 0.15) is 29.0 Å². The molecule has 2 N–H and O–H groups in total. The van der Waals surface area contributed by atoms with Gasteiger partial charge in [-0.3, -0.25) is 4.98 Å². The molecule has 3 heterocycles. The van der Waals surface area contributed by atoms with Crippen LogP contribution in [0.2, 0.25) is 5.02 Å². The van der Waals surface area contributed by atoms with Crippen LogP contribution in [0.15, 0.2) is 85.2 Å². The van der Waals surface area contributed by atoms with Crippen LogP contribution in [0.4, 0.5) is 5.69 Å². The van der Waals surface area contributed by atoms with Gasteiger partial charge < -0.3 is 19.9 Å². The SMILES string of the molecule is Cc1cc(-n2cccc2[C@H]2[C@H](c3ccccn3)NC(=S)N2c2ccccc2O)ccc1Cl. The molecule has 0 spiro atoms. The second kappa shape index (κ2) is 8.30. The van der Waals surface area contributed by atoms with Crippen molar-refractivity contribution in [2.45, 2.75) is 19.0 Å². The molecule has 5 rings (SSSR count). The average molecular weight is 461 g/mol. The lowest BCUT2D eigenvalue weighted by Crippen LogP contribution is -2.30. The number of hydrogen-bond acceptors (Lipinski definition) is 3. The number of halogens is 1. The number of para-hydroxylation sites is 2. The second-order valence-corrected chi connectivity index (χ2v) is 8.52. The molecular formula is C25H21ClN4OS. The van der Waals surface area contributed by atoms with Crippen molar-refractivity contribution in [1.29, 1.82) is 0 Å². The van der Waals surface area contributed by atoms with Crippen molar-refractivity contribution >= 4 is 34.6 Å². The monoisotopic (exact) mass is 460 g/mol. The summed E-state index contributed by atoms with van der Waals surface area (Å²) in [5, 5.41) is 15.3. The van der Waals surface area contributed by atoms with Gasteiger partial charge in [0.15, 0.2) is 5.11 Å². The largest absolute Gasteiger partial charge is 0.506 e. The first-order valence-electron chi connectivity index (χ1n) is 10.3. The minimum absolute atomic E-state index is 0.170. The van der Waals surface area contributed by atoms with Crippen LogP contribution < -0.4 is 10.2 Å². The molecule has 0 amide bonds. The summed E-state index contributed by atoms with van der Waals surface area (Å²) in [7, 11) is 0. The molecular weight excluding hydrogens is 440 g/mol. The van der Waals surface area contributed by atoms with Crippen LogP contribution in [0.5, 0.6) is 5.75 Å². The predicted molar refractivity (Wildman–Crippen MR) is 132 cm³/mol. The number of aromatic hydroxyl groups is 1. The quantitative estimate of drug-likeness (QED) is 0.381. The Morgan fingerprint density at radius 3 is 2.59 bits per heavy atom. The molecule has 1 aliphatic heterocycles. The molecule has 0 aliphatic carbocycles. The molecule has 1 saturated heterocycles. The maximum absolute atomic E-state index is 10.6. The number of phenols is 1. The van der Waals surface area contributed by atoms with Gasteiger partial charge in [0.2, 0.25) is 0 Å². The summed E-state index contributed by atoms with van der Waals surface area (Å²) in [5.41, 5.74) is 4.54. The summed E-state index contributed by atoms with van der Waals surface area (Å²) < 4.78 is 2.13. The van der Waals surface area contributed by atoms with E-state index in [1.165, 1.54) is 0 Å². The van der Waals surface area contributed by atoms with E-state index in [9.17, 15) is 5.11 Å². The van der Waals surface area contributed by atoms with E-state index in [2.05, 4.69) is 27.0 Å². The molecule has 5 nitrogen and oxygen atoms in total. The highest BCUT2D eigenvalue weighted by molar-refractivity contribution is 7.80. The van der Waals surface area contributed by atoms with Gasteiger partial charge in [-0.25, -0.2) is 0 Å². The molecule has 1 aliphatic rings. The van der Waals surface area contributed by atoms with Crippen LogP contribution in [0, 0.1) is 6.92 Å². The van der Waals surface area contributed by atoms with E-state index in [0.29, 0.717) is 10.8 Å². The Labute approximate surface area is 196 Å². The number of hydrogen-bond donors (Lipinski definition) is 2. The summed E-state index contributed by atoms with van der Waals surface area (Å²) in [6.07, 6.45) is 3.80. The minimum Gasteiger partial charge on any atom is -0.506 e. The van der Waals surface area contributed by atoms with Gasteiger partial charge in [0.1, 0.15) is 11.8 Å². The van der Waals surface area contributed by atoms with Gasteiger partial charge in [-0.05, 0) is 79.3 Å². The Morgan fingerprint density at radius 1 is 1.03 bits per heavy atom. The second-order valence-electron chi connectivity index (χ2n) is 7.72. The number of aryl methyl sites for hydroxylation is 1. The maximum atomic E-state index is 10.6. The predicted octanol–water partition coefficient (Wildman–Crippen LogP) is 5.72. The molecule has 32 heavy (non-hydrogen) atoms. The fraction of sp³-hybridized carbons (Fsp3) is 0.120. The average Bonchev–Trinajstić information content (AvgIpc) is 3.41. The first kappa shape index (κ1) is 20.5. The third-order valence-electron chi connectivity index (χ3n) is 5.74. The lowest BCUT2D eigenvalue weighted by atomic mass is 10.0. The van der Waals surface area contributed by atoms with Crippen LogP contribution in [-0.2, 0) is 0 Å². The molecule has 7 heteroatoms. The number of thiocarbonyl (C=S) groups is 1. The number of rotatable bonds is 4. The van der Waals surface area contributed by atoms with Crippen LogP contribution in [-0.4, -0.2) is 19.8 Å². The first-order valence-corrected chi connectivity index (χ1v) is 11.1.